The lowest BCUT2D eigenvalue weighted by Crippen LogP contribution is -2.43. The molecule has 16 heavy (non-hydrogen) atoms. The van der Waals surface area contributed by atoms with Gasteiger partial charge in [-0.2, -0.15) is 0 Å². The van der Waals surface area contributed by atoms with Crippen molar-refractivity contribution in [1.29, 1.82) is 0 Å². The maximum Gasteiger partial charge on any atom is 0.326 e. The fraction of sp³-hybridized carbons (Fsp3) is 0.250. The number of aliphatic carboxylic acids is 1. The van der Waals surface area contributed by atoms with Crippen LogP contribution >= 0.6 is 0 Å². The Morgan fingerprint density at radius 3 is 2.69 bits per heavy atom. The van der Waals surface area contributed by atoms with Crippen LogP contribution in [0.25, 0.3) is 0 Å². The molecule has 0 saturated heterocycles. The Bertz CT molecular complexity index is 400. The van der Waals surface area contributed by atoms with Gasteiger partial charge in [-0.1, -0.05) is 0 Å². The van der Waals surface area contributed by atoms with Gasteiger partial charge in [0.2, 0.25) is 11.7 Å². The third kappa shape index (κ3) is 3.08. The van der Waals surface area contributed by atoms with Crippen molar-refractivity contribution in [2.75, 3.05) is 0 Å². The second-order valence-electron chi connectivity index (χ2n) is 2.90. The summed E-state index contributed by atoms with van der Waals surface area (Å²) in [7, 11) is 0. The van der Waals surface area contributed by atoms with Crippen molar-refractivity contribution in [2.24, 2.45) is 5.73 Å². The van der Waals surface area contributed by atoms with Crippen LogP contribution in [0, 0.1) is 0 Å². The largest absolute Gasteiger partial charge is 0.480 e. The molecule has 0 spiro atoms. The molecule has 0 aliphatic heterocycles. The highest BCUT2D eigenvalue weighted by Crippen LogP contribution is 1.99. The molecule has 0 aliphatic carbocycles. The Balaban J connectivity index is 2.65. The summed E-state index contributed by atoms with van der Waals surface area (Å²) in [5.41, 5.74) is 4.84. The first-order chi connectivity index (χ1) is 7.50. The van der Waals surface area contributed by atoms with Gasteiger partial charge in [0.15, 0.2) is 6.39 Å². The van der Waals surface area contributed by atoms with Crippen molar-refractivity contribution < 1.29 is 23.9 Å². The Kier molecular flexibility index (Phi) is 3.59. The first-order valence-corrected chi connectivity index (χ1v) is 4.21. The molecule has 1 rings (SSSR count). The minimum absolute atomic E-state index is 0.143. The lowest BCUT2D eigenvalue weighted by Gasteiger charge is -2.10. The number of hydrogen-bond donors (Lipinski definition) is 3. The van der Waals surface area contributed by atoms with E-state index < -0.39 is 30.2 Å². The normalized spacial score (nSPS) is 11.8. The summed E-state index contributed by atoms with van der Waals surface area (Å²) >= 11 is 0. The Labute approximate surface area is 89.4 Å². The molecule has 0 saturated carbocycles. The van der Waals surface area contributed by atoms with Crippen molar-refractivity contribution in [3.63, 3.8) is 0 Å². The number of nitrogens with two attached hydrogens (primary N) is 1. The van der Waals surface area contributed by atoms with E-state index in [-0.39, 0.29) is 5.76 Å². The Morgan fingerprint density at radius 1 is 1.56 bits per heavy atom. The van der Waals surface area contributed by atoms with E-state index in [1.165, 1.54) is 0 Å². The molecule has 8 heteroatoms. The minimum Gasteiger partial charge on any atom is -0.480 e. The molecule has 0 bridgehead atoms. The topological polar surface area (TPSA) is 136 Å². The monoisotopic (exact) mass is 227 g/mol. The lowest BCUT2D eigenvalue weighted by atomic mass is 10.2. The fourth-order valence-electron chi connectivity index (χ4n) is 0.959. The van der Waals surface area contributed by atoms with E-state index in [1.54, 1.807) is 0 Å². The van der Waals surface area contributed by atoms with Crippen molar-refractivity contribution in [1.82, 2.24) is 10.3 Å². The van der Waals surface area contributed by atoms with Gasteiger partial charge in [0, 0.05) is 0 Å². The van der Waals surface area contributed by atoms with E-state index in [2.05, 4.69) is 14.7 Å². The standard InChI is InChI=1S/C8H9N3O5/c9-6(12)1-4(8(14)15)11-7(13)5-2-10-3-16-5/h2-4H,1H2,(H2,9,12)(H,11,13)(H,14,15)/t4-/m0/s1. The quantitative estimate of drug-likeness (QED) is 0.574. The smallest absolute Gasteiger partial charge is 0.326 e. The van der Waals surface area contributed by atoms with Gasteiger partial charge < -0.3 is 20.6 Å². The van der Waals surface area contributed by atoms with Crippen LogP contribution in [0.1, 0.15) is 17.0 Å². The predicted octanol–water partition coefficient (Wildman–Crippen LogP) is -1.27. The van der Waals surface area contributed by atoms with Gasteiger partial charge in [-0.15, -0.1) is 0 Å². The average Bonchev–Trinajstić information content (AvgIpc) is 2.68. The summed E-state index contributed by atoms with van der Waals surface area (Å²) in [6, 6.07) is -1.38. The molecule has 1 aromatic heterocycles. The molecule has 1 aromatic rings. The van der Waals surface area contributed by atoms with Gasteiger partial charge in [0.05, 0.1) is 12.6 Å². The van der Waals surface area contributed by atoms with Crippen LogP contribution in [0.2, 0.25) is 0 Å². The molecule has 8 nitrogen and oxygen atoms in total. The van der Waals surface area contributed by atoms with E-state index in [4.69, 9.17) is 10.8 Å². The van der Waals surface area contributed by atoms with E-state index in [1.807, 2.05) is 0 Å². The lowest BCUT2D eigenvalue weighted by molar-refractivity contribution is -0.140. The van der Waals surface area contributed by atoms with E-state index in [0.29, 0.717) is 0 Å². The average molecular weight is 227 g/mol. The number of nitrogens with zero attached hydrogens (tertiary/aromatic N) is 1. The van der Waals surface area contributed by atoms with Crippen LogP contribution in [-0.4, -0.2) is 33.9 Å². The van der Waals surface area contributed by atoms with Crippen LogP contribution < -0.4 is 11.1 Å². The first-order valence-electron chi connectivity index (χ1n) is 4.21. The molecule has 4 N–H and O–H groups in total. The fourth-order valence-corrected chi connectivity index (χ4v) is 0.959. The van der Waals surface area contributed by atoms with E-state index >= 15 is 0 Å². The van der Waals surface area contributed by atoms with Gasteiger partial charge in [-0.3, -0.25) is 9.59 Å². The zero-order valence-electron chi connectivity index (χ0n) is 8.04. The number of carboxylic acids is 1. The SMILES string of the molecule is NC(=O)C[C@H](NC(=O)c1cnco1)C(=O)O. The third-order valence-electron chi connectivity index (χ3n) is 1.66. The summed E-state index contributed by atoms with van der Waals surface area (Å²) in [6.45, 7) is 0. The number of carbonyl (C=O) groups excluding carboxylic acids is 2. The predicted molar refractivity (Wildman–Crippen MR) is 49.2 cm³/mol. The number of oxazole rings is 1. The highest BCUT2D eigenvalue weighted by Gasteiger charge is 2.23. The molecular weight excluding hydrogens is 218 g/mol. The van der Waals surface area contributed by atoms with Crippen LogP contribution in [-0.2, 0) is 9.59 Å². The molecule has 1 heterocycles. The molecular formula is C8H9N3O5. The molecule has 2 amide bonds. The van der Waals surface area contributed by atoms with Gasteiger partial charge >= 0.3 is 5.97 Å². The summed E-state index contributed by atoms with van der Waals surface area (Å²) in [6.07, 6.45) is 1.66. The van der Waals surface area contributed by atoms with Crippen LogP contribution in [0.5, 0.6) is 0 Å². The van der Waals surface area contributed by atoms with Crippen LogP contribution in [0.3, 0.4) is 0 Å². The second-order valence-corrected chi connectivity index (χ2v) is 2.90. The second kappa shape index (κ2) is 4.91. The number of carboxylic acid groups (broad SMARTS) is 1. The third-order valence-corrected chi connectivity index (χ3v) is 1.66. The summed E-state index contributed by atoms with van der Waals surface area (Å²) in [5, 5.41) is 10.8. The Hall–Kier alpha value is -2.38. The van der Waals surface area contributed by atoms with Gasteiger partial charge in [0.25, 0.3) is 5.91 Å². The molecule has 0 fully saturated rings. The highest BCUT2D eigenvalue weighted by atomic mass is 16.4. The van der Waals surface area contributed by atoms with Crippen LogP contribution in [0.15, 0.2) is 17.0 Å². The Morgan fingerprint density at radius 2 is 2.25 bits per heavy atom. The van der Waals surface area contributed by atoms with Crippen molar-refractivity contribution in [2.45, 2.75) is 12.5 Å². The first kappa shape index (κ1) is 11.7. The molecule has 86 valence electrons. The number of amides is 2. The van der Waals surface area contributed by atoms with E-state index in [0.717, 1.165) is 12.6 Å². The molecule has 0 aliphatic rings. The van der Waals surface area contributed by atoms with Crippen molar-refractivity contribution in [3.05, 3.63) is 18.4 Å². The maximum absolute atomic E-state index is 11.3. The van der Waals surface area contributed by atoms with Crippen LogP contribution in [0.4, 0.5) is 0 Å². The zero-order valence-corrected chi connectivity index (χ0v) is 8.04. The number of rotatable bonds is 5. The van der Waals surface area contributed by atoms with Crippen molar-refractivity contribution >= 4 is 17.8 Å². The van der Waals surface area contributed by atoms with Crippen molar-refractivity contribution in [3.8, 4) is 0 Å². The number of aromatic nitrogens is 1. The summed E-state index contributed by atoms with van der Waals surface area (Å²) < 4.78 is 4.65. The highest BCUT2D eigenvalue weighted by molar-refractivity contribution is 5.95. The van der Waals surface area contributed by atoms with Gasteiger partial charge in [-0.05, 0) is 0 Å². The van der Waals surface area contributed by atoms with E-state index in [9.17, 15) is 14.4 Å². The molecule has 0 radical (unpaired) electrons. The summed E-state index contributed by atoms with van der Waals surface area (Å²) in [4.78, 5) is 36.1. The maximum atomic E-state index is 11.3. The number of primary amides is 1. The van der Waals surface area contributed by atoms with Gasteiger partial charge in [0.1, 0.15) is 6.04 Å². The number of carbonyl (C=O) groups is 3. The zero-order chi connectivity index (χ0) is 12.1. The summed E-state index contributed by atoms with van der Waals surface area (Å²) in [5.74, 6) is -3.10. The molecule has 0 unspecified atom stereocenters. The number of hydrogen-bond acceptors (Lipinski definition) is 5. The molecule has 0 aromatic carbocycles. The number of nitrogens with one attached hydrogen (secondary N) is 1. The van der Waals surface area contributed by atoms with Gasteiger partial charge in [-0.25, -0.2) is 9.78 Å². The minimum atomic E-state index is -1.38. The molecule has 1 atom stereocenters.